The van der Waals surface area contributed by atoms with Gasteiger partial charge in [0.2, 0.25) is 17.6 Å². The molecule has 2 rings (SSSR count). The first-order chi connectivity index (χ1) is 9.79. The standard InChI is InChI=1S/C14H17N3O2S/c1-2-8-15-12(18)9-20-10-13-16-14(17-19-13)11-6-4-3-5-7-11/h3-7H,2,8-10H2,1H3,(H,15,18). The molecule has 1 heterocycles. The lowest BCUT2D eigenvalue weighted by molar-refractivity contribution is -0.118. The van der Waals surface area contributed by atoms with Gasteiger partial charge in [0.25, 0.3) is 0 Å². The summed E-state index contributed by atoms with van der Waals surface area (Å²) in [4.78, 5) is 15.7. The highest BCUT2D eigenvalue weighted by Gasteiger charge is 2.09. The van der Waals surface area contributed by atoms with Gasteiger partial charge in [-0.25, -0.2) is 0 Å². The Kier molecular flexibility index (Phi) is 5.61. The maximum atomic E-state index is 11.4. The summed E-state index contributed by atoms with van der Waals surface area (Å²) in [6, 6.07) is 9.66. The quantitative estimate of drug-likeness (QED) is 0.849. The first-order valence-electron chi connectivity index (χ1n) is 6.52. The minimum atomic E-state index is 0.0413. The van der Waals surface area contributed by atoms with E-state index in [1.165, 1.54) is 11.8 Å². The van der Waals surface area contributed by atoms with E-state index < -0.39 is 0 Å². The van der Waals surface area contributed by atoms with E-state index in [-0.39, 0.29) is 5.91 Å². The highest BCUT2D eigenvalue weighted by molar-refractivity contribution is 7.99. The molecule has 0 unspecified atom stereocenters. The number of aromatic nitrogens is 2. The predicted molar refractivity (Wildman–Crippen MR) is 79.2 cm³/mol. The van der Waals surface area contributed by atoms with Crippen LogP contribution in [0.2, 0.25) is 0 Å². The van der Waals surface area contributed by atoms with E-state index in [0.717, 1.165) is 18.5 Å². The van der Waals surface area contributed by atoms with E-state index >= 15 is 0 Å². The molecule has 5 nitrogen and oxygen atoms in total. The van der Waals surface area contributed by atoms with Gasteiger partial charge in [0.1, 0.15) is 0 Å². The van der Waals surface area contributed by atoms with Crippen LogP contribution in [0.3, 0.4) is 0 Å². The number of thioether (sulfide) groups is 1. The zero-order valence-electron chi connectivity index (χ0n) is 11.3. The summed E-state index contributed by atoms with van der Waals surface area (Å²) in [5.74, 6) is 2.11. The van der Waals surface area contributed by atoms with Crippen molar-refractivity contribution in [3.05, 3.63) is 36.2 Å². The number of hydrogen-bond acceptors (Lipinski definition) is 5. The van der Waals surface area contributed by atoms with Gasteiger partial charge < -0.3 is 9.84 Å². The van der Waals surface area contributed by atoms with Gasteiger partial charge in [-0.1, -0.05) is 42.4 Å². The van der Waals surface area contributed by atoms with E-state index in [2.05, 4.69) is 15.5 Å². The van der Waals surface area contributed by atoms with Crippen molar-refractivity contribution in [2.45, 2.75) is 19.1 Å². The van der Waals surface area contributed by atoms with Crippen LogP contribution >= 0.6 is 11.8 Å². The Bertz CT molecular complexity index is 542. The minimum Gasteiger partial charge on any atom is -0.355 e. The molecule has 0 saturated heterocycles. The second-order valence-electron chi connectivity index (χ2n) is 4.22. The zero-order chi connectivity index (χ0) is 14.2. The van der Waals surface area contributed by atoms with E-state index in [1.54, 1.807) is 0 Å². The predicted octanol–water partition coefficient (Wildman–Crippen LogP) is 2.50. The molecule has 0 aliphatic rings. The number of nitrogens with one attached hydrogen (secondary N) is 1. The summed E-state index contributed by atoms with van der Waals surface area (Å²) in [6.07, 6.45) is 0.945. The van der Waals surface area contributed by atoms with Gasteiger partial charge in [0.15, 0.2) is 0 Å². The maximum Gasteiger partial charge on any atom is 0.236 e. The van der Waals surface area contributed by atoms with Crippen LogP contribution in [0.5, 0.6) is 0 Å². The van der Waals surface area contributed by atoms with E-state index in [9.17, 15) is 4.79 Å². The van der Waals surface area contributed by atoms with Gasteiger partial charge >= 0.3 is 0 Å². The summed E-state index contributed by atoms with van der Waals surface area (Å²) in [7, 11) is 0. The van der Waals surface area contributed by atoms with Gasteiger partial charge in [-0.2, -0.15) is 4.98 Å². The number of benzene rings is 1. The van der Waals surface area contributed by atoms with Gasteiger partial charge in [0, 0.05) is 12.1 Å². The van der Waals surface area contributed by atoms with Crippen LogP contribution < -0.4 is 5.32 Å². The van der Waals surface area contributed by atoms with Crippen molar-refractivity contribution in [1.29, 1.82) is 0 Å². The Morgan fingerprint density at radius 2 is 2.15 bits per heavy atom. The second kappa shape index (κ2) is 7.69. The van der Waals surface area contributed by atoms with Crippen molar-refractivity contribution in [2.75, 3.05) is 12.3 Å². The third-order valence-electron chi connectivity index (χ3n) is 2.53. The Balaban J connectivity index is 1.80. The molecule has 20 heavy (non-hydrogen) atoms. The molecule has 1 amide bonds. The fourth-order valence-electron chi connectivity index (χ4n) is 1.56. The zero-order valence-corrected chi connectivity index (χ0v) is 12.2. The van der Waals surface area contributed by atoms with Crippen molar-refractivity contribution >= 4 is 17.7 Å². The van der Waals surface area contributed by atoms with Crippen LogP contribution in [0, 0.1) is 0 Å². The summed E-state index contributed by atoms with van der Waals surface area (Å²) in [5.41, 5.74) is 0.924. The lowest BCUT2D eigenvalue weighted by Gasteiger charge is -2.01. The summed E-state index contributed by atoms with van der Waals surface area (Å²) in [6.45, 7) is 2.75. The Hall–Kier alpha value is -1.82. The Morgan fingerprint density at radius 1 is 1.35 bits per heavy atom. The molecule has 1 N–H and O–H groups in total. The largest absolute Gasteiger partial charge is 0.355 e. The first-order valence-corrected chi connectivity index (χ1v) is 7.67. The van der Waals surface area contributed by atoms with Crippen molar-refractivity contribution in [3.63, 3.8) is 0 Å². The number of carbonyl (C=O) groups excluding carboxylic acids is 1. The smallest absolute Gasteiger partial charge is 0.236 e. The average Bonchev–Trinajstić information content (AvgIpc) is 2.95. The van der Waals surface area contributed by atoms with Crippen molar-refractivity contribution in [2.24, 2.45) is 0 Å². The Labute approximate surface area is 122 Å². The highest BCUT2D eigenvalue weighted by atomic mass is 32.2. The van der Waals surface area contributed by atoms with E-state index in [4.69, 9.17) is 4.52 Å². The van der Waals surface area contributed by atoms with Crippen LogP contribution in [0.25, 0.3) is 11.4 Å². The van der Waals surface area contributed by atoms with Gasteiger partial charge in [0.05, 0.1) is 11.5 Å². The molecule has 2 aromatic rings. The molecule has 0 aliphatic heterocycles. The molecule has 1 aromatic heterocycles. The maximum absolute atomic E-state index is 11.4. The topological polar surface area (TPSA) is 68.0 Å². The van der Waals surface area contributed by atoms with Crippen LogP contribution in [-0.2, 0) is 10.5 Å². The lowest BCUT2D eigenvalue weighted by Crippen LogP contribution is -2.25. The normalized spacial score (nSPS) is 10.4. The fraction of sp³-hybridized carbons (Fsp3) is 0.357. The number of carbonyl (C=O) groups is 1. The number of hydrogen-bond donors (Lipinski definition) is 1. The SMILES string of the molecule is CCCNC(=O)CSCc1nc(-c2ccccc2)no1. The van der Waals surface area contributed by atoms with Crippen molar-refractivity contribution < 1.29 is 9.32 Å². The van der Waals surface area contributed by atoms with Crippen LogP contribution in [0.1, 0.15) is 19.2 Å². The Morgan fingerprint density at radius 3 is 2.90 bits per heavy atom. The highest BCUT2D eigenvalue weighted by Crippen LogP contribution is 2.17. The van der Waals surface area contributed by atoms with Crippen LogP contribution in [0.4, 0.5) is 0 Å². The van der Waals surface area contributed by atoms with Crippen molar-refractivity contribution in [1.82, 2.24) is 15.5 Å². The second-order valence-corrected chi connectivity index (χ2v) is 5.21. The van der Waals surface area contributed by atoms with E-state index in [1.807, 2.05) is 37.3 Å². The van der Waals surface area contributed by atoms with E-state index in [0.29, 0.717) is 23.2 Å². The van der Waals surface area contributed by atoms with Gasteiger partial charge in [-0.05, 0) is 6.42 Å². The molecule has 6 heteroatoms. The molecule has 0 atom stereocenters. The lowest BCUT2D eigenvalue weighted by atomic mass is 10.2. The summed E-state index contributed by atoms with van der Waals surface area (Å²) < 4.78 is 5.17. The van der Waals surface area contributed by atoms with Gasteiger partial charge in [-0.15, -0.1) is 11.8 Å². The molecule has 106 valence electrons. The monoisotopic (exact) mass is 291 g/mol. The molecular formula is C14H17N3O2S. The summed E-state index contributed by atoms with van der Waals surface area (Å²) in [5, 5.41) is 6.76. The third-order valence-corrected chi connectivity index (χ3v) is 3.45. The molecule has 0 saturated carbocycles. The molecule has 0 spiro atoms. The first kappa shape index (κ1) is 14.6. The van der Waals surface area contributed by atoms with Crippen molar-refractivity contribution in [3.8, 4) is 11.4 Å². The fourth-order valence-corrected chi connectivity index (χ4v) is 2.25. The molecule has 1 aromatic carbocycles. The van der Waals surface area contributed by atoms with Gasteiger partial charge in [-0.3, -0.25) is 4.79 Å². The number of nitrogens with zero attached hydrogens (tertiary/aromatic N) is 2. The minimum absolute atomic E-state index is 0.0413. The third kappa shape index (κ3) is 4.38. The van der Waals surface area contributed by atoms with Crippen LogP contribution in [0.15, 0.2) is 34.9 Å². The average molecular weight is 291 g/mol. The van der Waals surface area contributed by atoms with Crippen LogP contribution in [-0.4, -0.2) is 28.3 Å². The molecule has 0 bridgehead atoms. The number of rotatable bonds is 7. The molecule has 0 fully saturated rings. The molecular weight excluding hydrogens is 274 g/mol. The molecule has 0 aliphatic carbocycles. The summed E-state index contributed by atoms with van der Waals surface area (Å²) >= 11 is 1.47. The number of amides is 1. The molecule has 0 radical (unpaired) electrons.